The smallest absolute Gasteiger partial charge is 0.166 e. The summed E-state index contributed by atoms with van der Waals surface area (Å²) in [4.78, 5) is 0. The Morgan fingerprint density at radius 1 is 1.17 bits per heavy atom. The lowest BCUT2D eigenvalue weighted by atomic mass is 10.1. The highest BCUT2D eigenvalue weighted by molar-refractivity contribution is 7.79. The molecule has 0 spiro atoms. The van der Waals surface area contributed by atoms with Crippen LogP contribution in [-0.2, 0) is 6.18 Å². The van der Waals surface area contributed by atoms with E-state index in [9.17, 15) is 13.2 Å². The van der Waals surface area contributed by atoms with Gasteiger partial charge in [0.1, 0.15) is 0 Å². The number of halogens is 3. The molecule has 4 heteroatoms. The van der Waals surface area contributed by atoms with Gasteiger partial charge in [-0.1, -0.05) is 30.4 Å². The molecule has 0 aromatic heterocycles. The third-order valence-electron chi connectivity index (χ3n) is 1.34. The Morgan fingerprint density at radius 3 is 2.17 bits per heavy atom. The summed E-state index contributed by atoms with van der Waals surface area (Å²) in [5, 5.41) is 2.07. The number of rotatable bonds is 1. The molecule has 0 fully saturated rings. The van der Waals surface area contributed by atoms with Gasteiger partial charge in [0.2, 0.25) is 0 Å². The molecule has 0 nitrogen and oxygen atoms in total. The first-order chi connectivity index (χ1) is 5.55. The summed E-state index contributed by atoms with van der Waals surface area (Å²) in [7, 11) is 0. The van der Waals surface area contributed by atoms with Crippen LogP contribution in [0.25, 0.3) is 0 Å². The van der Waals surface area contributed by atoms with Gasteiger partial charge >= 0.3 is 6.18 Å². The molecule has 0 aliphatic carbocycles. The molecule has 0 aliphatic rings. The third kappa shape index (κ3) is 1.82. The molecule has 12 heavy (non-hydrogen) atoms. The topological polar surface area (TPSA) is 0 Å². The Morgan fingerprint density at radius 2 is 1.75 bits per heavy atom. The number of hydrogen-bond acceptors (Lipinski definition) is 1. The van der Waals surface area contributed by atoms with Crippen molar-refractivity contribution in [3.63, 3.8) is 0 Å². The second kappa shape index (κ2) is 3.23. The van der Waals surface area contributed by atoms with Crippen LogP contribution in [0, 0.1) is 0 Å². The minimum atomic E-state index is -4.34. The lowest BCUT2D eigenvalue weighted by Gasteiger charge is -2.07. The van der Waals surface area contributed by atoms with Crippen LogP contribution >= 0.6 is 12.2 Å². The molecule has 1 radical (unpaired) electrons. The maximum absolute atomic E-state index is 12.1. The average molecular weight is 189 g/mol. The largest absolute Gasteiger partial charge is 0.417 e. The zero-order valence-corrected chi connectivity index (χ0v) is 6.67. The normalized spacial score (nSPS) is 11.2. The van der Waals surface area contributed by atoms with E-state index in [2.05, 4.69) is 17.6 Å². The van der Waals surface area contributed by atoms with E-state index in [1.54, 1.807) is 0 Å². The van der Waals surface area contributed by atoms with Crippen LogP contribution in [0.3, 0.4) is 0 Å². The number of hydrogen-bond donors (Lipinski definition) is 0. The number of alkyl halides is 3. The number of benzene rings is 1. The van der Waals surface area contributed by atoms with Gasteiger partial charge in [0.15, 0.2) is 0 Å². The predicted molar refractivity (Wildman–Crippen MR) is 43.1 cm³/mol. The van der Waals surface area contributed by atoms with E-state index >= 15 is 0 Å². The minimum absolute atomic E-state index is 0.0833. The van der Waals surface area contributed by atoms with Gasteiger partial charge in [-0.05, 0) is 6.07 Å². The second-order valence-electron chi connectivity index (χ2n) is 2.15. The van der Waals surface area contributed by atoms with Gasteiger partial charge < -0.3 is 0 Å². The van der Waals surface area contributed by atoms with Crippen molar-refractivity contribution < 1.29 is 13.2 Å². The Hall–Kier alpha value is -0.900. The standard InChI is InChI=1S/C8H4F3S/c9-8(10,11)7-4-2-1-3-6(7)5-12/h1-4H. The summed E-state index contributed by atoms with van der Waals surface area (Å²) in [6.45, 7) is 0. The van der Waals surface area contributed by atoms with E-state index in [1.165, 1.54) is 18.2 Å². The zero-order chi connectivity index (χ0) is 9.19. The second-order valence-corrected chi connectivity index (χ2v) is 2.35. The molecular formula is C8H4F3S. The highest BCUT2D eigenvalue weighted by Crippen LogP contribution is 2.30. The van der Waals surface area contributed by atoms with Crippen LogP contribution < -0.4 is 0 Å². The summed E-state index contributed by atoms with van der Waals surface area (Å²) < 4.78 is 36.4. The van der Waals surface area contributed by atoms with Crippen LogP contribution in [0.5, 0.6) is 0 Å². The lowest BCUT2D eigenvalue weighted by Crippen LogP contribution is -2.07. The van der Waals surface area contributed by atoms with Crippen molar-refractivity contribution in [3.8, 4) is 0 Å². The zero-order valence-electron chi connectivity index (χ0n) is 5.85. The molecule has 1 aromatic carbocycles. The van der Waals surface area contributed by atoms with Crippen molar-refractivity contribution in [2.45, 2.75) is 6.18 Å². The fourth-order valence-electron chi connectivity index (χ4n) is 0.819. The fraction of sp³-hybridized carbons (Fsp3) is 0.125. The Kier molecular flexibility index (Phi) is 2.47. The van der Waals surface area contributed by atoms with E-state index in [4.69, 9.17) is 0 Å². The molecule has 0 saturated carbocycles. The van der Waals surface area contributed by atoms with Gasteiger partial charge in [-0.15, -0.1) is 0 Å². The van der Waals surface area contributed by atoms with Crippen LogP contribution in [-0.4, -0.2) is 5.37 Å². The molecule has 1 aromatic rings. The fourth-order valence-corrected chi connectivity index (χ4v) is 0.997. The number of thiocarbonyl (C=S) groups is 1. The lowest BCUT2D eigenvalue weighted by molar-refractivity contribution is -0.137. The highest BCUT2D eigenvalue weighted by atomic mass is 32.1. The van der Waals surface area contributed by atoms with Crippen LogP contribution in [0.4, 0.5) is 13.2 Å². The molecular weight excluding hydrogens is 185 g/mol. The van der Waals surface area contributed by atoms with Gasteiger partial charge in [-0.25, -0.2) is 0 Å². The Bertz CT molecular complexity index is 291. The predicted octanol–water partition coefficient (Wildman–Crippen LogP) is 2.93. The monoisotopic (exact) mass is 189 g/mol. The molecule has 0 N–H and O–H groups in total. The van der Waals surface area contributed by atoms with Gasteiger partial charge in [0.25, 0.3) is 0 Å². The van der Waals surface area contributed by atoms with E-state index in [0.29, 0.717) is 0 Å². The summed E-state index contributed by atoms with van der Waals surface area (Å²) in [6, 6.07) is 5.08. The van der Waals surface area contributed by atoms with Crippen molar-refractivity contribution in [3.05, 3.63) is 35.4 Å². The molecule has 63 valence electrons. The van der Waals surface area contributed by atoms with Gasteiger partial charge in [0.05, 0.1) is 10.9 Å². The maximum atomic E-state index is 12.1. The summed E-state index contributed by atoms with van der Waals surface area (Å²) >= 11 is 4.32. The van der Waals surface area contributed by atoms with Gasteiger partial charge in [-0.3, -0.25) is 0 Å². The maximum Gasteiger partial charge on any atom is 0.417 e. The minimum Gasteiger partial charge on any atom is -0.166 e. The molecule has 0 heterocycles. The molecule has 0 aliphatic heterocycles. The Balaban J connectivity index is 3.23. The van der Waals surface area contributed by atoms with E-state index in [1.807, 2.05) is 0 Å². The molecule has 0 unspecified atom stereocenters. The summed E-state index contributed by atoms with van der Waals surface area (Å²) in [5.41, 5.74) is -0.819. The molecule has 0 bridgehead atoms. The molecule has 0 saturated heterocycles. The molecule has 1 rings (SSSR count). The van der Waals surface area contributed by atoms with Crippen molar-refractivity contribution in [2.24, 2.45) is 0 Å². The molecule has 0 amide bonds. The van der Waals surface area contributed by atoms with Crippen LogP contribution in [0.2, 0.25) is 0 Å². The third-order valence-corrected chi connectivity index (χ3v) is 1.56. The van der Waals surface area contributed by atoms with Crippen molar-refractivity contribution in [1.82, 2.24) is 0 Å². The van der Waals surface area contributed by atoms with Crippen LogP contribution in [0.1, 0.15) is 11.1 Å². The first-order valence-electron chi connectivity index (χ1n) is 3.10. The van der Waals surface area contributed by atoms with Crippen molar-refractivity contribution in [2.75, 3.05) is 0 Å². The quantitative estimate of drug-likeness (QED) is 0.612. The SMILES string of the molecule is FC(F)(F)c1ccccc1[C]=S. The van der Waals surface area contributed by atoms with E-state index < -0.39 is 11.7 Å². The van der Waals surface area contributed by atoms with Gasteiger partial charge in [0, 0.05) is 5.56 Å². The first-order valence-corrected chi connectivity index (χ1v) is 3.51. The average Bonchev–Trinajstić information content (AvgIpc) is 2.03. The summed E-state index contributed by atoms with van der Waals surface area (Å²) in [6.07, 6.45) is -4.34. The Labute approximate surface area is 73.0 Å². The van der Waals surface area contributed by atoms with Crippen molar-refractivity contribution in [1.29, 1.82) is 0 Å². The van der Waals surface area contributed by atoms with Crippen molar-refractivity contribution >= 4 is 17.6 Å². The van der Waals surface area contributed by atoms with Gasteiger partial charge in [-0.2, -0.15) is 13.2 Å². The van der Waals surface area contributed by atoms with E-state index in [-0.39, 0.29) is 5.56 Å². The molecule has 0 atom stereocenters. The first kappa shape index (κ1) is 9.19. The van der Waals surface area contributed by atoms with E-state index in [0.717, 1.165) is 6.07 Å². The van der Waals surface area contributed by atoms with Crippen LogP contribution in [0.15, 0.2) is 24.3 Å². The highest BCUT2D eigenvalue weighted by Gasteiger charge is 2.32. The summed E-state index contributed by atoms with van der Waals surface area (Å²) in [5.74, 6) is 0.